The number of rotatable bonds is 7. The zero-order chi connectivity index (χ0) is 16.0. The zero-order valence-electron chi connectivity index (χ0n) is 10.8. The number of nitrogens with one attached hydrogen (secondary N) is 1. The van der Waals surface area contributed by atoms with Gasteiger partial charge in [0.1, 0.15) is 0 Å². The van der Waals surface area contributed by atoms with Gasteiger partial charge in [-0.2, -0.15) is 22.0 Å². The lowest BCUT2D eigenvalue weighted by molar-refractivity contribution is -0.292. The number of alkyl carbamates (subject to hydrolysis) is 1. The minimum atomic E-state index is -5.79. The predicted octanol–water partition coefficient (Wildman–Crippen LogP) is 1.33. The van der Waals surface area contributed by atoms with Crippen molar-refractivity contribution < 1.29 is 44.8 Å². The maximum atomic E-state index is 12.5. The second-order valence-electron chi connectivity index (χ2n) is 3.43. The van der Waals surface area contributed by atoms with E-state index < -0.39 is 33.6 Å². The van der Waals surface area contributed by atoms with Crippen LogP contribution < -0.4 is 5.32 Å². The minimum Gasteiger partial charge on any atom is -0.443 e. The largest absolute Gasteiger partial charge is 0.520 e. The lowest BCUT2D eigenvalue weighted by Gasteiger charge is -2.24. The van der Waals surface area contributed by atoms with Crippen LogP contribution in [0.5, 0.6) is 0 Å². The van der Waals surface area contributed by atoms with Gasteiger partial charge in [-0.3, -0.25) is 0 Å². The van der Waals surface area contributed by atoms with Crippen LogP contribution >= 0.6 is 0 Å². The van der Waals surface area contributed by atoms with E-state index in [9.17, 15) is 26.7 Å². The Labute approximate surface area is 112 Å². The molecule has 0 aromatic heterocycles. The first-order chi connectivity index (χ1) is 9.03. The van der Waals surface area contributed by atoms with Crippen molar-refractivity contribution in [3.8, 4) is 0 Å². The second-order valence-corrected chi connectivity index (χ2v) is 6.37. The summed E-state index contributed by atoms with van der Waals surface area (Å²) in [6.07, 6.45) is -7.62. The van der Waals surface area contributed by atoms with Gasteiger partial charge in [-0.1, -0.05) is 0 Å². The van der Waals surface area contributed by atoms with Crippen molar-refractivity contribution in [3.63, 3.8) is 0 Å². The summed E-state index contributed by atoms with van der Waals surface area (Å²) < 4.78 is 78.8. The van der Waals surface area contributed by atoms with Crippen LogP contribution in [0.15, 0.2) is 0 Å². The maximum absolute atomic E-state index is 12.5. The highest BCUT2D eigenvalue weighted by Gasteiger charge is 2.58. The number of hydrogen-bond acceptors (Lipinski definition) is 5. The van der Waals surface area contributed by atoms with Crippen LogP contribution in [0, 0.1) is 0 Å². The Kier molecular flexibility index (Phi) is 6.80. The number of amides is 1. The first-order valence-electron chi connectivity index (χ1n) is 5.04. The maximum Gasteiger partial charge on any atom is 0.520 e. The van der Waals surface area contributed by atoms with E-state index in [-0.39, 0.29) is 6.17 Å². The summed E-state index contributed by atoms with van der Waals surface area (Å²) in [5.74, 6) is -5.12. The van der Waals surface area contributed by atoms with Crippen molar-refractivity contribution in [3.05, 3.63) is 0 Å². The summed E-state index contributed by atoms with van der Waals surface area (Å²) in [7, 11) is 0.465. The second kappa shape index (κ2) is 7.15. The SMILES string of the molecule is CO[Si](CNC(=O)OCC(F)(F)C(F)(F)F)(OC)OC. The van der Waals surface area contributed by atoms with Crippen molar-refractivity contribution in [1.82, 2.24) is 5.32 Å². The summed E-state index contributed by atoms with van der Waals surface area (Å²) in [4.78, 5) is 11.0. The Hall–Kier alpha value is -0.983. The van der Waals surface area contributed by atoms with Crippen molar-refractivity contribution in [2.75, 3.05) is 34.1 Å². The topological polar surface area (TPSA) is 66.0 Å². The molecule has 0 saturated heterocycles. The van der Waals surface area contributed by atoms with Crippen LogP contribution in [-0.2, 0) is 18.0 Å². The molecule has 0 spiro atoms. The molecule has 1 N–H and O–H groups in total. The molecule has 0 atom stereocenters. The van der Waals surface area contributed by atoms with Gasteiger partial charge in [0, 0.05) is 21.3 Å². The molecule has 20 heavy (non-hydrogen) atoms. The normalized spacial score (nSPS) is 13.2. The van der Waals surface area contributed by atoms with Crippen LogP contribution in [0.25, 0.3) is 0 Å². The fourth-order valence-electron chi connectivity index (χ4n) is 0.936. The van der Waals surface area contributed by atoms with Crippen LogP contribution in [0.3, 0.4) is 0 Å². The number of alkyl halides is 5. The molecule has 0 unspecified atom stereocenters. The Balaban J connectivity index is 4.33. The summed E-state index contributed by atoms with van der Waals surface area (Å²) in [5, 5.41) is 1.93. The van der Waals surface area contributed by atoms with Gasteiger partial charge in [-0.25, -0.2) is 4.79 Å². The highest BCUT2D eigenvalue weighted by Crippen LogP contribution is 2.35. The van der Waals surface area contributed by atoms with E-state index in [1.807, 2.05) is 5.32 Å². The summed E-state index contributed by atoms with van der Waals surface area (Å²) in [5.41, 5.74) is 0. The third kappa shape index (κ3) is 5.18. The molecule has 0 aliphatic heterocycles. The molecule has 0 heterocycles. The molecule has 0 aliphatic rings. The van der Waals surface area contributed by atoms with Crippen LogP contribution in [0.1, 0.15) is 0 Å². The Bertz CT molecular complexity index is 307. The minimum absolute atomic E-state index is 0.354. The fraction of sp³-hybridized carbons (Fsp3) is 0.875. The molecule has 120 valence electrons. The van der Waals surface area contributed by atoms with Gasteiger partial charge in [0.25, 0.3) is 0 Å². The predicted molar refractivity (Wildman–Crippen MR) is 57.1 cm³/mol. The van der Waals surface area contributed by atoms with Gasteiger partial charge in [0.2, 0.25) is 0 Å². The van der Waals surface area contributed by atoms with Gasteiger partial charge < -0.3 is 23.3 Å². The van der Waals surface area contributed by atoms with Gasteiger partial charge in [0.05, 0.1) is 6.17 Å². The third-order valence-electron chi connectivity index (χ3n) is 2.18. The molecule has 6 nitrogen and oxygen atoms in total. The monoisotopic (exact) mass is 327 g/mol. The summed E-state index contributed by atoms with van der Waals surface area (Å²) >= 11 is 0. The van der Waals surface area contributed by atoms with Crippen molar-refractivity contribution in [2.24, 2.45) is 0 Å². The summed E-state index contributed by atoms with van der Waals surface area (Å²) in [6, 6.07) is 0. The number of carbonyl (C=O) groups is 1. The molecule has 0 bridgehead atoms. The highest BCUT2D eigenvalue weighted by molar-refractivity contribution is 6.61. The zero-order valence-corrected chi connectivity index (χ0v) is 11.8. The van der Waals surface area contributed by atoms with Crippen LogP contribution in [0.2, 0.25) is 0 Å². The average molecular weight is 327 g/mol. The van der Waals surface area contributed by atoms with E-state index in [0.717, 1.165) is 0 Å². The molecule has 1 amide bonds. The first-order valence-corrected chi connectivity index (χ1v) is 6.97. The number of hydrogen-bond donors (Lipinski definition) is 1. The van der Waals surface area contributed by atoms with Gasteiger partial charge in [0.15, 0.2) is 6.61 Å². The number of halogens is 5. The summed E-state index contributed by atoms with van der Waals surface area (Å²) in [6.45, 7) is -2.12. The van der Waals surface area contributed by atoms with E-state index >= 15 is 0 Å². The van der Waals surface area contributed by atoms with E-state index in [2.05, 4.69) is 4.74 Å². The Morgan fingerprint density at radius 2 is 1.50 bits per heavy atom. The van der Waals surface area contributed by atoms with Gasteiger partial charge >= 0.3 is 27.0 Å². The molecule has 12 heteroatoms. The average Bonchev–Trinajstić information content (AvgIpc) is 2.37. The fourth-order valence-corrected chi connectivity index (χ4v) is 2.23. The molecular formula is C8H14F5NO5Si. The molecule has 0 aliphatic carbocycles. The quantitative estimate of drug-likeness (QED) is 0.564. The molecule has 0 saturated carbocycles. The third-order valence-corrected chi connectivity index (χ3v) is 4.66. The standard InChI is InChI=1S/C8H14F5NO5Si/c1-16-20(17-2,18-3)5-14-6(15)19-4-7(9,10)8(11,12)13/h4-5H2,1-3H3,(H,14,15). The van der Waals surface area contributed by atoms with Crippen molar-refractivity contribution in [2.45, 2.75) is 12.1 Å². The first kappa shape index (κ1) is 19.0. The van der Waals surface area contributed by atoms with E-state index in [1.54, 1.807) is 0 Å². The van der Waals surface area contributed by atoms with Crippen molar-refractivity contribution >= 4 is 14.9 Å². The van der Waals surface area contributed by atoms with Crippen molar-refractivity contribution in [1.29, 1.82) is 0 Å². The Morgan fingerprint density at radius 1 is 1.05 bits per heavy atom. The van der Waals surface area contributed by atoms with E-state index in [0.29, 0.717) is 0 Å². The van der Waals surface area contributed by atoms with Gasteiger partial charge in [-0.05, 0) is 0 Å². The highest BCUT2D eigenvalue weighted by atomic mass is 28.4. The van der Waals surface area contributed by atoms with Gasteiger partial charge in [-0.15, -0.1) is 0 Å². The lowest BCUT2D eigenvalue weighted by Crippen LogP contribution is -2.53. The molecule has 0 fully saturated rings. The van der Waals surface area contributed by atoms with Crippen LogP contribution in [-0.4, -0.2) is 61.1 Å². The lowest BCUT2D eigenvalue weighted by atomic mass is 10.3. The van der Waals surface area contributed by atoms with Crippen LogP contribution in [0.4, 0.5) is 26.7 Å². The molecule has 0 aromatic rings. The van der Waals surface area contributed by atoms with E-state index in [1.165, 1.54) is 21.3 Å². The molecule has 0 rings (SSSR count). The molecule has 0 aromatic carbocycles. The van der Waals surface area contributed by atoms with E-state index in [4.69, 9.17) is 13.3 Å². The Morgan fingerprint density at radius 3 is 1.85 bits per heavy atom. The number of carbonyl (C=O) groups excluding carboxylic acids is 1. The molecular weight excluding hydrogens is 313 g/mol. The molecule has 0 radical (unpaired) electrons. The number of ether oxygens (including phenoxy) is 1. The smallest absolute Gasteiger partial charge is 0.443 e.